The lowest BCUT2D eigenvalue weighted by atomic mass is 10.0. The van der Waals surface area contributed by atoms with Crippen molar-refractivity contribution in [2.75, 3.05) is 0 Å². The molecule has 0 aliphatic heterocycles. The second-order valence-electron chi connectivity index (χ2n) is 4.79. The number of aromatic nitrogens is 1. The van der Waals surface area contributed by atoms with Crippen molar-refractivity contribution in [2.45, 2.75) is 0 Å². The molecule has 0 fully saturated rings. The normalized spacial score (nSPS) is 10.6. The van der Waals surface area contributed by atoms with E-state index in [0.29, 0.717) is 4.88 Å². The van der Waals surface area contributed by atoms with E-state index >= 15 is 0 Å². The summed E-state index contributed by atoms with van der Waals surface area (Å²) in [7, 11) is 0. The number of hydrogen-bond donors (Lipinski definition) is 1. The SMILES string of the molecule is O=C(O)c1c(Cl)ccc(Cl)c1C(=O)c1ccc(-c2ccccn2)s1. The first-order valence-electron chi connectivity index (χ1n) is 6.76. The number of rotatable bonds is 4. The van der Waals surface area contributed by atoms with Gasteiger partial charge in [-0.25, -0.2) is 4.79 Å². The van der Waals surface area contributed by atoms with E-state index in [9.17, 15) is 14.7 Å². The molecule has 0 unspecified atom stereocenters. The minimum absolute atomic E-state index is 0.0308. The molecule has 1 aromatic carbocycles. The van der Waals surface area contributed by atoms with Crippen molar-refractivity contribution in [3.8, 4) is 10.6 Å². The zero-order valence-electron chi connectivity index (χ0n) is 12.0. The first-order chi connectivity index (χ1) is 11.5. The quantitative estimate of drug-likeness (QED) is 0.646. The van der Waals surface area contributed by atoms with Gasteiger partial charge in [-0.1, -0.05) is 29.3 Å². The molecule has 0 radical (unpaired) electrons. The van der Waals surface area contributed by atoms with Crippen LogP contribution in [0.4, 0.5) is 0 Å². The van der Waals surface area contributed by atoms with Gasteiger partial charge < -0.3 is 5.11 Å². The molecule has 24 heavy (non-hydrogen) atoms. The molecule has 7 heteroatoms. The summed E-state index contributed by atoms with van der Waals surface area (Å²) in [5.74, 6) is -1.78. The number of hydrogen-bond acceptors (Lipinski definition) is 4. The average Bonchev–Trinajstić information content (AvgIpc) is 3.06. The Balaban J connectivity index is 2.07. The molecule has 0 amide bonds. The van der Waals surface area contributed by atoms with Crippen LogP contribution < -0.4 is 0 Å². The lowest BCUT2D eigenvalue weighted by Gasteiger charge is -2.08. The van der Waals surface area contributed by atoms with Gasteiger partial charge in [-0.15, -0.1) is 11.3 Å². The molecule has 3 aromatic rings. The molecule has 2 aromatic heterocycles. The number of benzene rings is 1. The summed E-state index contributed by atoms with van der Waals surface area (Å²) >= 11 is 13.2. The monoisotopic (exact) mass is 377 g/mol. The predicted molar refractivity (Wildman–Crippen MR) is 94.4 cm³/mol. The van der Waals surface area contributed by atoms with E-state index in [-0.39, 0.29) is 21.2 Å². The number of thiophene rings is 1. The lowest BCUT2D eigenvalue weighted by molar-refractivity contribution is 0.0693. The van der Waals surface area contributed by atoms with Crippen LogP contribution in [-0.2, 0) is 0 Å². The van der Waals surface area contributed by atoms with Crippen molar-refractivity contribution in [1.82, 2.24) is 4.98 Å². The second-order valence-corrected chi connectivity index (χ2v) is 6.69. The molecule has 0 atom stereocenters. The van der Waals surface area contributed by atoms with Gasteiger partial charge in [-0.05, 0) is 36.4 Å². The molecule has 0 saturated heterocycles. The Kier molecular flexibility index (Phi) is 4.66. The van der Waals surface area contributed by atoms with Crippen LogP contribution in [0.3, 0.4) is 0 Å². The minimum Gasteiger partial charge on any atom is -0.478 e. The Labute approximate surface area is 151 Å². The first-order valence-corrected chi connectivity index (χ1v) is 8.33. The van der Waals surface area contributed by atoms with E-state index in [1.807, 2.05) is 12.1 Å². The van der Waals surface area contributed by atoms with E-state index in [0.717, 1.165) is 10.6 Å². The molecule has 4 nitrogen and oxygen atoms in total. The van der Waals surface area contributed by atoms with Gasteiger partial charge in [0, 0.05) is 6.20 Å². The van der Waals surface area contributed by atoms with Gasteiger partial charge in [0.15, 0.2) is 0 Å². The molecule has 0 saturated carbocycles. The van der Waals surface area contributed by atoms with Crippen LogP contribution in [0.1, 0.15) is 25.6 Å². The number of ketones is 1. The summed E-state index contributed by atoms with van der Waals surface area (Å²) < 4.78 is 0. The molecule has 2 heterocycles. The highest BCUT2D eigenvalue weighted by atomic mass is 35.5. The van der Waals surface area contributed by atoms with Crippen LogP contribution in [0.2, 0.25) is 10.0 Å². The van der Waals surface area contributed by atoms with Gasteiger partial charge in [0.1, 0.15) is 0 Å². The Morgan fingerprint density at radius 1 is 0.958 bits per heavy atom. The number of nitrogens with zero attached hydrogens (tertiary/aromatic N) is 1. The third kappa shape index (κ3) is 3.06. The summed E-state index contributed by atoms with van der Waals surface area (Å²) in [5, 5.41) is 9.37. The molecule has 0 aliphatic rings. The van der Waals surface area contributed by atoms with Crippen molar-refractivity contribution in [2.24, 2.45) is 0 Å². The fourth-order valence-electron chi connectivity index (χ4n) is 2.21. The fraction of sp³-hybridized carbons (Fsp3) is 0. The van der Waals surface area contributed by atoms with E-state index in [2.05, 4.69) is 4.98 Å². The Hall–Kier alpha value is -2.21. The molecular formula is C17H9Cl2NO3S. The zero-order chi connectivity index (χ0) is 17.3. The van der Waals surface area contributed by atoms with Crippen LogP contribution in [0.15, 0.2) is 48.7 Å². The second kappa shape index (κ2) is 6.73. The van der Waals surface area contributed by atoms with Crippen LogP contribution in [-0.4, -0.2) is 21.8 Å². The number of carboxylic acid groups (broad SMARTS) is 1. The Morgan fingerprint density at radius 3 is 2.29 bits per heavy atom. The molecule has 3 rings (SSSR count). The van der Waals surface area contributed by atoms with Gasteiger partial charge in [-0.3, -0.25) is 9.78 Å². The van der Waals surface area contributed by atoms with Gasteiger partial charge in [0.2, 0.25) is 5.78 Å². The van der Waals surface area contributed by atoms with Crippen molar-refractivity contribution in [3.63, 3.8) is 0 Å². The third-order valence-electron chi connectivity index (χ3n) is 3.29. The summed E-state index contributed by atoms with van der Waals surface area (Å²) in [6.07, 6.45) is 1.66. The molecular weight excluding hydrogens is 369 g/mol. The zero-order valence-corrected chi connectivity index (χ0v) is 14.3. The highest BCUT2D eigenvalue weighted by Gasteiger charge is 2.25. The van der Waals surface area contributed by atoms with Gasteiger partial charge in [-0.2, -0.15) is 0 Å². The summed E-state index contributed by atoms with van der Waals surface area (Å²) in [6.45, 7) is 0. The van der Waals surface area contributed by atoms with Crippen molar-refractivity contribution in [3.05, 3.63) is 74.7 Å². The number of carbonyl (C=O) groups excluding carboxylic acids is 1. The largest absolute Gasteiger partial charge is 0.478 e. The number of carbonyl (C=O) groups is 2. The number of carboxylic acids is 1. The minimum atomic E-state index is -1.30. The van der Waals surface area contributed by atoms with E-state index < -0.39 is 11.8 Å². The average molecular weight is 378 g/mol. The summed E-state index contributed by atoms with van der Waals surface area (Å²) in [6, 6.07) is 11.6. The fourth-order valence-corrected chi connectivity index (χ4v) is 3.62. The standard InChI is InChI=1S/C17H9Cl2NO3S/c18-9-4-5-10(19)15(17(22)23)14(9)16(21)13-7-6-12(24-13)11-3-1-2-8-20-11/h1-8H,(H,22,23). The van der Waals surface area contributed by atoms with Crippen molar-refractivity contribution < 1.29 is 14.7 Å². The topological polar surface area (TPSA) is 67.3 Å². The Morgan fingerprint density at radius 2 is 1.67 bits per heavy atom. The van der Waals surface area contributed by atoms with E-state index in [1.165, 1.54) is 23.5 Å². The molecule has 120 valence electrons. The Bertz CT molecular complexity index is 938. The van der Waals surface area contributed by atoms with E-state index in [4.69, 9.17) is 23.2 Å². The number of pyridine rings is 1. The smallest absolute Gasteiger partial charge is 0.338 e. The molecule has 0 spiro atoms. The lowest BCUT2D eigenvalue weighted by Crippen LogP contribution is -2.10. The van der Waals surface area contributed by atoms with Crippen LogP contribution >= 0.6 is 34.5 Å². The van der Waals surface area contributed by atoms with Crippen LogP contribution in [0, 0.1) is 0 Å². The predicted octanol–water partition coefficient (Wildman–Crippen LogP) is 5.05. The highest BCUT2D eigenvalue weighted by molar-refractivity contribution is 7.17. The van der Waals surface area contributed by atoms with E-state index in [1.54, 1.807) is 24.4 Å². The number of halogens is 2. The molecule has 0 aliphatic carbocycles. The van der Waals surface area contributed by atoms with Crippen LogP contribution in [0.5, 0.6) is 0 Å². The van der Waals surface area contributed by atoms with Gasteiger partial charge in [0.25, 0.3) is 0 Å². The number of aromatic carboxylic acids is 1. The maximum absolute atomic E-state index is 12.8. The maximum atomic E-state index is 12.8. The first kappa shape index (κ1) is 16.6. The van der Waals surface area contributed by atoms with Gasteiger partial charge in [0.05, 0.1) is 36.6 Å². The van der Waals surface area contributed by atoms with Gasteiger partial charge >= 0.3 is 5.97 Å². The van der Waals surface area contributed by atoms with Crippen molar-refractivity contribution >= 4 is 46.3 Å². The third-order valence-corrected chi connectivity index (χ3v) is 5.03. The van der Waals surface area contributed by atoms with Crippen LogP contribution in [0.25, 0.3) is 10.6 Å². The maximum Gasteiger partial charge on any atom is 0.338 e. The van der Waals surface area contributed by atoms with Crippen molar-refractivity contribution in [1.29, 1.82) is 0 Å². The summed E-state index contributed by atoms with van der Waals surface area (Å²) in [4.78, 5) is 29.6. The molecule has 0 bridgehead atoms. The summed E-state index contributed by atoms with van der Waals surface area (Å²) in [5.41, 5.74) is 0.338. The molecule has 1 N–H and O–H groups in total. The highest BCUT2D eigenvalue weighted by Crippen LogP contribution is 2.33.